The molecule has 1 N–H and O–H groups in total. The van der Waals surface area contributed by atoms with Crippen molar-refractivity contribution in [1.29, 1.82) is 0 Å². The number of fused-ring (bicyclic) bond motifs is 1. The number of halogens is 4. The molecule has 0 atom stereocenters. The standard InChI is InChI=1S/C17H11F4NO2/c1-7-3-5-9(6-4-7)22-17(23)10-8(2)24-16-11(10)12(18)13(19)14(20)15(16)21/h3-6H,1-2H3,(H,22,23). The maximum atomic E-state index is 14.0. The minimum Gasteiger partial charge on any atom is -0.457 e. The van der Waals surface area contributed by atoms with Crippen LogP contribution in [0.5, 0.6) is 0 Å². The first-order chi connectivity index (χ1) is 11.3. The zero-order chi connectivity index (χ0) is 17.6. The van der Waals surface area contributed by atoms with Crippen LogP contribution >= 0.6 is 0 Å². The summed E-state index contributed by atoms with van der Waals surface area (Å²) in [6.07, 6.45) is 0. The lowest BCUT2D eigenvalue weighted by Crippen LogP contribution is -2.13. The Morgan fingerprint density at radius 3 is 2.12 bits per heavy atom. The Balaban J connectivity index is 2.14. The Labute approximate surface area is 133 Å². The van der Waals surface area contributed by atoms with Crippen LogP contribution in [0.25, 0.3) is 11.0 Å². The van der Waals surface area contributed by atoms with Crippen molar-refractivity contribution in [2.45, 2.75) is 13.8 Å². The number of anilines is 1. The van der Waals surface area contributed by atoms with Gasteiger partial charge in [0.25, 0.3) is 5.91 Å². The van der Waals surface area contributed by atoms with Crippen LogP contribution in [-0.4, -0.2) is 5.91 Å². The summed E-state index contributed by atoms with van der Waals surface area (Å²) in [6, 6.07) is 6.71. The summed E-state index contributed by atoms with van der Waals surface area (Å²) in [5, 5.41) is 1.75. The number of hydrogen-bond acceptors (Lipinski definition) is 2. The van der Waals surface area contributed by atoms with E-state index >= 15 is 0 Å². The van der Waals surface area contributed by atoms with E-state index in [1.807, 2.05) is 6.92 Å². The lowest BCUT2D eigenvalue weighted by molar-refractivity contribution is 0.102. The van der Waals surface area contributed by atoms with Gasteiger partial charge in [0.1, 0.15) is 5.76 Å². The number of carbonyl (C=O) groups excluding carboxylic acids is 1. The highest BCUT2D eigenvalue weighted by molar-refractivity contribution is 6.13. The summed E-state index contributed by atoms with van der Waals surface area (Å²) >= 11 is 0. The van der Waals surface area contributed by atoms with Crippen LogP contribution in [0.2, 0.25) is 0 Å². The molecular formula is C17H11F4NO2. The van der Waals surface area contributed by atoms with E-state index in [4.69, 9.17) is 4.42 Å². The van der Waals surface area contributed by atoms with Gasteiger partial charge >= 0.3 is 0 Å². The number of carbonyl (C=O) groups is 1. The van der Waals surface area contributed by atoms with Crippen LogP contribution in [-0.2, 0) is 0 Å². The van der Waals surface area contributed by atoms with Gasteiger partial charge in [0.05, 0.1) is 10.9 Å². The first-order valence-electron chi connectivity index (χ1n) is 6.94. The van der Waals surface area contributed by atoms with E-state index in [9.17, 15) is 22.4 Å². The summed E-state index contributed by atoms with van der Waals surface area (Å²) in [7, 11) is 0. The van der Waals surface area contributed by atoms with E-state index in [0.29, 0.717) is 5.69 Å². The second-order valence-electron chi connectivity index (χ2n) is 5.31. The first-order valence-corrected chi connectivity index (χ1v) is 6.94. The van der Waals surface area contributed by atoms with Gasteiger partial charge in [-0.3, -0.25) is 4.79 Å². The quantitative estimate of drug-likeness (QED) is 0.412. The maximum absolute atomic E-state index is 14.0. The molecule has 1 aromatic heterocycles. The summed E-state index contributed by atoms with van der Waals surface area (Å²) in [6.45, 7) is 3.13. The number of amides is 1. The highest BCUT2D eigenvalue weighted by atomic mass is 19.2. The molecule has 1 amide bonds. The molecule has 0 bridgehead atoms. The van der Waals surface area contributed by atoms with Crippen LogP contribution in [0.4, 0.5) is 23.2 Å². The topological polar surface area (TPSA) is 42.2 Å². The van der Waals surface area contributed by atoms with Gasteiger partial charge in [0.15, 0.2) is 17.2 Å². The lowest BCUT2D eigenvalue weighted by Gasteiger charge is -2.06. The monoisotopic (exact) mass is 337 g/mol. The third kappa shape index (κ3) is 2.42. The Morgan fingerprint density at radius 2 is 1.50 bits per heavy atom. The predicted molar refractivity (Wildman–Crippen MR) is 79.9 cm³/mol. The first kappa shape index (κ1) is 16.0. The molecule has 0 aliphatic carbocycles. The molecule has 7 heteroatoms. The van der Waals surface area contributed by atoms with Crippen LogP contribution in [0, 0.1) is 37.1 Å². The van der Waals surface area contributed by atoms with Crippen molar-refractivity contribution in [1.82, 2.24) is 0 Å². The molecule has 24 heavy (non-hydrogen) atoms. The highest BCUT2D eigenvalue weighted by Crippen LogP contribution is 2.33. The number of nitrogens with one attached hydrogen (secondary N) is 1. The van der Waals surface area contributed by atoms with E-state index in [0.717, 1.165) is 5.56 Å². The van der Waals surface area contributed by atoms with Gasteiger partial charge in [-0.05, 0) is 26.0 Å². The van der Waals surface area contributed by atoms with E-state index in [2.05, 4.69) is 5.32 Å². The average Bonchev–Trinajstić information content (AvgIpc) is 2.90. The van der Waals surface area contributed by atoms with Crippen molar-refractivity contribution < 1.29 is 26.8 Å². The molecule has 3 aromatic rings. The van der Waals surface area contributed by atoms with Gasteiger partial charge in [-0.2, -0.15) is 4.39 Å². The largest absolute Gasteiger partial charge is 0.457 e. The van der Waals surface area contributed by atoms with Gasteiger partial charge in [0.2, 0.25) is 11.6 Å². The molecule has 3 rings (SSSR count). The molecule has 3 nitrogen and oxygen atoms in total. The van der Waals surface area contributed by atoms with Crippen molar-refractivity contribution in [3.8, 4) is 0 Å². The van der Waals surface area contributed by atoms with Crippen molar-refractivity contribution in [3.63, 3.8) is 0 Å². The molecule has 0 radical (unpaired) electrons. The Hall–Kier alpha value is -2.83. The normalized spacial score (nSPS) is 11.1. The van der Waals surface area contributed by atoms with Gasteiger partial charge < -0.3 is 9.73 Å². The number of rotatable bonds is 2. The third-order valence-corrected chi connectivity index (χ3v) is 3.62. The third-order valence-electron chi connectivity index (χ3n) is 3.62. The fourth-order valence-corrected chi connectivity index (χ4v) is 2.41. The highest BCUT2D eigenvalue weighted by Gasteiger charge is 2.29. The van der Waals surface area contributed by atoms with E-state index in [1.165, 1.54) is 6.92 Å². The van der Waals surface area contributed by atoms with Gasteiger partial charge in [-0.15, -0.1) is 0 Å². The van der Waals surface area contributed by atoms with Crippen molar-refractivity contribution in [2.24, 2.45) is 0 Å². The molecule has 0 unspecified atom stereocenters. The van der Waals surface area contributed by atoms with Gasteiger partial charge in [-0.25, -0.2) is 13.2 Å². The number of furan rings is 1. The molecule has 0 spiro atoms. The van der Waals surface area contributed by atoms with Crippen molar-refractivity contribution >= 4 is 22.6 Å². The smallest absolute Gasteiger partial charge is 0.259 e. The molecule has 0 saturated carbocycles. The minimum atomic E-state index is -2.00. The molecular weight excluding hydrogens is 326 g/mol. The van der Waals surface area contributed by atoms with Crippen LogP contribution in [0.15, 0.2) is 28.7 Å². The van der Waals surface area contributed by atoms with Crippen molar-refractivity contribution in [2.75, 3.05) is 5.32 Å². The fourth-order valence-electron chi connectivity index (χ4n) is 2.41. The second-order valence-corrected chi connectivity index (χ2v) is 5.31. The lowest BCUT2D eigenvalue weighted by atomic mass is 10.1. The molecule has 0 aliphatic heterocycles. The molecule has 1 heterocycles. The van der Waals surface area contributed by atoms with Crippen LogP contribution in [0.3, 0.4) is 0 Å². The SMILES string of the molecule is Cc1ccc(NC(=O)c2c(C)oc3c(F)c(F)c(F)c(F)c23)cc1. The molecule has 0 fully saturated rings. The molecule has 0 saturated heterocycles. The molecule has 0 aliphatic rings. The predicted octanol–water partition coefficient (Wildman–Crippen LogP) is 4.86. The van der Waals surface area contributed by atoms with E-state index in [1.54, 1.807) is 24.3 Å². The zero-order valence-electron chi connectivity index (χ0n) is 12.6. The Morgan fingerprint density at radius 1 is 0.917 bits per heavy atom. The maximum Gasteiger partial charge on any atom is 0.259 e. The average molecular weight is 337 g/mol. The Bertz CT molecular complexity index is 961. The number of benzene rings is 2. The van der Waals surface area contributed by atoms with E-state index < -0.39 is 40.1 Å². The summed E-state index contributed by atoms with van der Waals surface area (Å²) in [5.41, 5.74) is 0.144. The van der Waals surface area contributed by atoms with E-state index in [-0.39, 0.29) is 11.3 Å². The number of aryl methyl sites for hydroxylation is 2. The van der Waals surface area contributed by atoms with Crippen LogP contribution < -0.4 is 5.32 Å². The molecule has 124 valence electrons. The summed E-state index contributed by atoms with van der Waals surface area (Å²) in [5.74, 6) is -8.31. The fraction of sp³-hybridized carbons (Fsp3) is 0.118. The number of hydrogen-bond donors (Lipinski definition) is 1. The van der Waals surface area contributed by atoms with Gasteiger partial charge in [0, 0.05) is 5.69 Å². The Kier molecular flexibility index (Phi) is 3.79. The summed E-state index contributed by atoms with van der Waals surface area (Å²) in [4.78, 5) is 12.4. The van der Waals surface area contributed by atoms with Crippen molar-refractivity contribution in [3.05, 3.63) is 64.4 Å². The molecule has 2 aromatic carbocycles. The van der Waals surface area contributed by atoms with Gasteiger partial charge in [-0.1, -0.05) is 17.7 Å². The summed E-state index contributed by atoms with van der Waals surface area (Å²) < 4.78 is 59.5. The zero-order valence-corrected chi connectivity index (χ0v) is 12.6. The second kappa shape index (κ2) is 5.67. The van der Waals surface area contributed by atoms with Crippen LogP contribution in [0.1, 0.15) is 21.7 Å². The minimum absolute atomic E-state index is 0.155.